The van der Waals surface area contributed by atoms with E-state index in [0.717, 1.165) is 6.42 Å². The highest BCUT2D eigenvalue weighted by molar-refractivity contribution is 6.30. The van der Waals surface area contributed by atoms with Gasteiger partial charge in [0.05, 0.1) is 20.6 Å². The predicted molar refractivity (Wildman–Crippen MR) is 80.6 cm³/mol. The minimum atomic E-state index is -0.435. The van der Waals surface area contributed by atoms with Gasteiger partial charge in [-0.25, -0.2) is 0 Å². The molecule has 0 atom stereocenters. The zero-order valence-corrected chi connectivity index (χ0v) is 13.3. The topological polar surface area (TPSA) is 55.8 Å². The predicted octanol–water partition coefficient (Wildman–Crippen LogP) is 2.30. The lowest BCUT2D eigenvalue weighted by Gasteiger charge is -2.21. The summed E-state index contributed by atoms with van der Waals surface area (Å²) in [5.74, 6) is -0.0000535. The molecule has 6 heteroatoms. The van der Waals surface area contributed by atoms with E-state index in [1.54, 1.807) is 18.2 Å². The Hall–Kier alpha value is -1.75. The molecule has 0 bridgehead atoms. The second-order valence-corrected chi connectivity index (χ2v) is 4.96. The second kappa shape index (κ2) is 8.52. The molecule has 0 fully saturated rings. The molecule has 21 heavy (non-hydrogen) atoms. The number of hydrogen-bond acceptors (Lipinski definition) is 4. The summed E-state index contributed by atoms with van der Waals surface area (Å²) in [4.78, 5) is 25.2. The fourth-order valence-corrected chi connectivity index (χ4v) is 2.14. The van der Waals surface area contributed by atoms with Crippen molar-refractivity contribution in [2.24, 2.45) is 0 Å². The number of halogens is 1. The molecule has 5 nitrogen and oxygen atoms in total. The molecule has 0 saturated heterocycles. The molecule has 1 rings (SSSR count). The van der Waals surface area contributed by atoms with Crippen molar-refractivity contribution in [1.82, 2.24) is 4.90 Å². The van der Waals surface area contributed by atoms with Crippen LogP contribution in [0.3, 0.4) is 0 Å². The molecule has 0 unspecified atom stereocenters. The summed E-state index contributed by atoms with van der Waals surface area (Å²) in [7, 11) is 2.84. The zero-order chi connectivity index (χ0) is 15.8. The van der Waals surface area contributed by atoms with Gasteiger partial charge in [0.15, 0.2) is 0 Å². The summed E-state index contributed by atoms with van der Waals surface area (Å²) >= 11 is 5.95. The van der Waals surface area contributed by atoms with Gasteiger partial charge in [-0.2, -0.15) is 0 Å². The van der Waals surface area contributed by atoms with Crippen molar-refractivity contribution in [3.63, 3.8) is 0 Å². The fourth-order valence-electron chi connectivity index (χ4n) is 1.94. The lowest BCUT2D eigenvalue weighted by atomic mass is 10.1. The number of carbonyl (C=O) groups excluding carboxylic acids is 2. The minimum Gasteiger partial charge on any atom is -0.496 e. The summed E-state index contributed by atoms with van der Waals surface area (Å²) in [6, 6.07) is 5.11. The van der Waals surface area contributed by atoms with Crippen LogP contribution in [0.15, 0.2) is 18.2 Å². The van der Waals surface area contributed by atoms with Crippen LogP contribution in [0.4, 0.5) is 0 Å². The third-order valence-corrected chi connectivity index (χ3v) is 3.21. The Kier molecular flexibility index (Phi) is 7.02. The molecule has 0 aliphatic carbocycles. The second-order valence-electron chi connectivity index (χ2n) is 4.52. The van der Waals surface area contributed by atoms with E-state index in [0.29, 0.717) is 22.9 Å². The van der Waals surface area contributed by atoms with Gasteiger partial charge in [-0.05, 0) is 24.6 Å². The lowest BCUT2D eigenvalue weighted by Crippen LogP contribution is -2.37. The Labute approximate surface area is 129 Å². The van der Waals surface area contributed by atoms with Crippen LogP contribution in [-0.4, -0.2) is 44.1 Å². The van der Waals surface area contributed by atoms with Crippen LogP contribution >= 0.6 is 11.6 Å². The Balaban J connectivity index is 2.85. The van der Waals surface area contributed by atoms with Gasteiger partial charge < -0.3 is 14.4 Å². The fraction of sp³-hybridized carbons (Fsp3) is 0.467. The molecule has 1 aromatic carbocycles. The molecule has 0 aliphatic rings. The van der Waals surface area contributed by atoms with Crippen molar-refractivity contribution in [3.05, 3.63) is 28.8 Å². The molecule has 0 saturated carbocycles. The number of ether oxygens (including phenoxy) is 2. The van der Waals surface area contributed by atoms with E-state index < -0.39 is 5.97 Å². The van der Waals surface area contributed by atoms with Crippen LogP contribution in [-0.2, 0) is 20.7 Å². The van der Waals surface area contributed by atoms with Crippen molar-refractivity contribution in [3.8, 4) is 5.75 Å². The highest BCUT2D eigenvalue weighted by atomic mass is 35.5. The number of amides is 1. The van der Waals surface area contributed by atoms with Crippen LogP contribution in [0.5, 0.6) is 5.75 Å². The van der Waals surface area contributed by atoms with E-state index in [1.807, 2.05) is 6.92 Å². The number of methoxy groups -OCH3 is 2. The quantitative estimate of drug-likeness (QED) is 0.725. The third-order valence-electron chi connectivity index (χ3n) is 2.98. The summed E-state index contributed by atoms with van der Waals surface area (Å²) in [6.07, 6.45) is 0.885. The van der Waals surface area contributed by atoms with E-state index in [2.05, 4.69) is 4.74 Å². The first-order chi connectivity index (χ1) is 10.0. The van der Waals surface area contributed by atoms with Crippen LogP contribution in [0.2, 0.25) is 5.02 Å². The number of rotatable bonds is 7. The Morgan fingerprint density at radius 1 is 1.29 bits per heavy atom. The van der Waals surface area contributed by atoms with Crippen LogP contribution in [0, 0.1) is 0 Å². The number of esters is 1. The van der Waals surface area contributed by atoms with Gasteiger partial charge in [-0.1, -0.05) is 18.5 Å². The van der Waals surface area contributed by atoms with E-state index in [-0.39, 0.29) is 18.9 Å². The smallest absolute Gasteiger partial charge is 0.325 e. The molecule has 1 aromatic rings. The van der Waals surface area contributed by atoms with E-state index in [4.69, 9.17) is 16.3 Å². The molecular weight excluding hydrogens is 294 g/mol. The third kappa shape index (κ3) is 5.27. The maximum Gasteiger partial charge on any atom is 0.325 e. The summed E-state index contributed by atoms with van der Waals surface area (Å²) in [6.45, 7) is 2.39. The van der Waals surface area contributed by atoms with Crippen molar-refractivity contribution in [2.45, 2.75) is 19.8 Å². The molecule has 0 N–H and O–H groups in total. The van der Waals surface area contributed by atoms with Gasteiger partial charge in [0.1, 0.15) is 12.3 Å². The number of carbonyl (C=O) groups is 2. The monoisotopic (exact) mass is 313 g/mol. The Morgan fingerprint density at radius 3 is 2.57 bits per heavy atom. The molecule has 0 radical (unpaired) electrons. The van der Waals surface area contributed by atoms with Crippen LogP contribution < -0.4 is 4.74 Å². The molecule has 1 amide bonds. The number of benzene rings is 1. The first kappa shape index (κ1) is 17.3. The van der Waals surface area contributed by atoms with Crippen molar-refractivity contribution in [2.75, 3.05) is 27.3 Å². The average Bonchev–Trinajstić information content (AvgIpc) is 2.46. The normalized spacial score (nSPS) is 10.1. The first-order valence-corrected chi connectivity index (χ1v) is 7.06. The van der Waals surface area contributed by atoms with Gasteiger partial charge in [0, 0.05) is 17.1 Å². The van der Waals surface area contributed by atoms with Gasteiger partial charge in [-0.3, -0.25) is 9.59 Å². The Morgan fingerprint density at radius 2 is 2.00 bits per heavy atom. The van der Waals surface area contributed by atoms with Crippen molar-refractivity contribution in [1.29, 1.82) is 0 Å². The van der Waals surface area contributed by atoms with Crippen LogP contribution in [0.1, 0.15) is 18.9 Å². The van der Waals surface area contributed by atoms with Crippen molar-refractivity contribution >= 4 is 23.5 Å². The zero-order valence-electron chi connectivity index (χ0n) is 12.5. The lowest BCUT2D eigenvalue weighted by molar-refractivity contribution is -0.146. The van der Waals surface area contributed by atoms with E-state index in [9.17, 15) is 9.59 Å². The number of nitrogens with zero attached hydrogens (tertiary/aromatic N) is 1. The molecule has 0 heterocycles. The molecule has 0 spiro atoms. The maximum atomic E-state index is 12.4. The number of hydrogen-bond donors (Lipinski definition) is 0. The summed E-state index contributed by atoms with van der Waals surface area (Å²) in [5, 5.41) is 0.536. The summed E-state index contributed by atoms with van der Waals surface area (Å²) < 4.78 is 9.83. The highest BCUT2D eigenvalue weighted by Crippen LogP contribution is 2.23. The average molecular weight is 314 g/mol. The SMILES string of the molecule is CCCN(CC(=O)OC)C(=O)Cc1cc(Cl)ccc1OC. The minimum absolute atomic E-state index is 0.0495. The highest BCUT2D eigenvalue weighted by Gasteiger charge is 2.18. The van der Waals surface area contributed by atoms with Gasteiger partial charge in [-0.15, -0.1) is 0 Å². The van der Waals surface area contributed by atoms with E-state index in [1.165, 1.54) is 19.1 Å². The van der Waals surface area contributed by atoms with Gasteiger partial charge in [0.2, 0.25) is 5.91 Å². The standard InChI is InChI=1S/C15H20ClNO4/c1-4-7-17(10-15(19)21-3)14(18)9-11-8-12(16)5-6-13(11)20-2/h5-6,8H,4,7,9-10H2,1-3H3. The molecule has 116 valence electrons. The maximum absolute atomic E-state index is 12.4. The van der Waals surface area contributed by atoms with Crippen molar-refractivity contribution < 1.29 is 19.1 Å². The molecule has 0 aromatic heterocycles. The molecular formula is C15H20ClNO4. The van der Waals surface area contributed by atoms with Gasteiger partial charge >= 0.3 is 5.97 Å². The largest absolute Gasteiger partial charge is 0.496 e. The van der Waals surface area contributed by atoms with E-state index >= 15 is 0 Å². The first-order valence-electron chi connectivity index (χ1n) is 6.68. The summed E-state index contributed by atoms with van der Waals surface area (Å²) in [5.41, 5.74) is 0.695. The Bertz CT molecular complexity index is 504. The van der Waals surface area contributed by atoms with Crippen LogP contribution in [0.25, 0.3) is 0 Å². The molecule has 0 aliphatic heterocycles. The van der Waals surface area contributed by atoms with Gasteiger partial charge in [0.25, 0.3) is 0 Å².